The van der Waals surface area contributed by atoms with Gasteiger partial charge in [-0.3, -0.25) is 4.90 Å². The van der Waals surface area contributed by atoms with Gasteiger partial charge in [0, 0.05) is 18.1 Å². The van der Waals surface area contributed by atoms with Gasteiger partial charge in [0.05, 0.1) is 6.54 Å². The molecule has 1 N–H and O–H groups in total. The zero-order valence-corrected chi connectivity index (χ0v) is 11.0. The molecule has 0 radical (unpaired) electrons. The molecule has 0 heterocycles. The lowest BCUT2D eigenvalue weighted by Crippen LogP contribution is -2.47. The maximum absolute atomic E-state index is 12.6. The van der Waals surface area contributed by atoms with Crippen LogP contribution in [0, 0.1) is 0 Å². The fourth-order valence-corrected chi connectivity index (χ4v) is 3.07. The lowest BCUT2D eigenvalue weighted by molar-refractivity contribution is -0.153. The molecule has 5 heteroatoms. The number of hydrogen-bond donors (Lipinski definition) is 1. The molecule has 0 amide bonds. The fraction of sp³-hybridized carbons (Fsp3) is 1.00. The van der Waals surface area contributed by atoms with Crippen molar-refractivity contribution in [3.8, 4) is 0 Å². The highest BCUT2D eigenvalue weighted by Crippen LogP contribution is 2.35. The lowest BCUT2D eigenvalue weighted by Gasteiger charge is -2.37. The summed E-state index contributed by atoms with van der Waals surface area (Å²) in [5, 5.41) is 3.40. The van der Waals surface area contributed by atoms with Crippen molar-refractivity contribution in [2.24, 2.45) is 0 Å². The van der Waals surface area contributed by atoms with Crippen LogP contribution in [-0.2, 0) is 0 Å². The molecule has 0 saturated heterocycles. The zero-order chi connectivity index (χ0) is 13.2. The number of halogens is 3. The molecular weight excluding hydrogens is 241 g/mol. The summed E-state index contributed by atoms with van der Waals surface area (Å²) in [5.74, 6) is 0. The maximum atomic E-state index is 12.6. The second-order valence-corrected chi connectivity index (χ2v) is 5.58. The van der Waals surface area contributed by atoms with E-state index >= 15 is 0 Å². The predicted octanol–water partition coefficient (Wildman–Crippen LogP) is 2.93. The van der Waals surface area contributed by atoms with Crippen LogP contribution in [0.4, 0.5) is 13.2 Å². The minimum atomic E-state index is -4.05. The number of nitrogens with one attached hydrogen (secondary N) is 1. The highest BCUT2D eigenvalue weighted by Gasteiger charge is 2.42. The average molecular weight is 264 g/mol. The van der Waals surface area contributed by atoms with E-state index < -0.39 is 12.7 Å². The number of hydrogen-bond acceptors (Lipinski definition) is 2. The van der Waals surface area contributed by atoms with E-state index in [4.69, 9.17) is 0 Å². The summed E-state index contributed by atoms with van der Waals surface area (Å²) in [6, 6.07) is 0.861. The molecule has 2 aliphatic carbocycles. The Bertz CT molecular complexity index is 255. The highest BCUT2D eigenvalue weighted by molar-refractivity contribution is 4.92. The second-order valence-electron chi connectivity index (χ2n) is 5.58. The van der Waals surface area contributed by atoms with Gasteiger partial charge in [-0.1, -0.05) is 6.92 Å². The Labute approximate surface area is 107 Å². The van der Waals surface area contributed by atoms with Crippen LogP contribution in [0.25, 0.3) is 0 Å². The summed E-state index contributed by atoms with van der Waals surface area (Å²) in [4.78, 5) is 1.72. The molecule has 0 aromatic carbocycles. The van der Waals surface area contributed by atoms with Gasteiger partial charge >= 0.3 is 6.18 Å². The molecule has 2 saturated carbocycles. The molecule has 2 nitrogen and oxygen atoms in total. The molecule has 0 atom stereocenters. The smallest absolute Gasteiger partial charge is 0.314 e. The topological polar surface area (TPSA) is 15.3 Å². The van der Waals surface area contributed by atoms with Crippen molar-refractivity contribution in [2.45, 2.75) is 69.8 Å². The first kappa shape index (κ1) is 14.1. The van der Waals surface area contributed by atoms with Gasteiger partial charge in [-0.25, -0.2) is 0 Å². The molecular formula is C13H23F3N2. The molecule has 106 valence electrons. The van der Waals surface area contributed by atoms with Crippen LogP contribution in [0.5, 0.6) is 0 Å². The largest absolute Gasteiger partial charge is 0.401 e. The summed E-state index contributed by atoms with van der Waals surface area (Å²) in [6.07, 6.45) is 1.68. The minimum Gasteiger partial charge on any atom is -0.314 e. The van der Waals surface area contributed by atoms with Gasteiger partial charge in [0.2, 0.25) is 0 Å². The van der Waals surface area contributed by atoms with Crippen molar-refractivity contribution >= 4 is 0 Å². The van der Waals surface area contributed by atoms with Crippen LogP contribution >= 0.6 is 0 Å². The van der Waals surface area contributed by atoms with Gasteiger partial charge in [-0.15, -0.1) is 0 Å². The van der Waals surface area contributed by atoms with Crippen molar-refractivity contribution < 1.29 is 13.2 Å². The minimum absolute atomic E-state index is 0.147. The van der Waals surface area contributed by atoms with Crippen molar-refractivity contribution in [3.63, 3.8) is 0 Å². The van der Waals surface area contributed by atoms with E-state index in [0.717, 1.165) is 45.1 Å². The Kier molecular flexibility index (Phi) is 4.54. The summed E-state index contributed by atoms with van der Waals surface area (Å²) in [6.45, 7) is 2.31. The van der Waals surface area contributed by atoms with Crippen molar-refractivity contribution in [2.75, 3.05) is 13.1 Å². The van der Waals surface area contributed by atoms with E-state index in [2.05, 4.69) is 12.2 Å². The molecule has 2 fully saturated rings. The van der Waals surface area contributed by atoms with Crippen molar-refractivity contribution in [1.82, 2.24) is 10.2 Å². The van der Waals surface area contributed by atoms with Crippen LogP contribution in [0.1, 0.15) is 45.4 Å². The summed E-state index contributed by atoms with van der Waals surface area (Å²) < 4.78 is 37.8. The third kappa shape index (κ3) is 4.12. The highest BCUT2D eigenvalue weighted by atomic mass is 19.4. The fourth-order valence-electron chi connectivity index (χ4n) is 3.07. The molecule has 18 heavy (non-hydrogen) atoms. The number of rotatable bonds is 5. The van der Waals surface area contributed by atoms with Crippen molar-refractivity contribution in [1.29, 1.82) is 0 Å². The third-order valence-corrected chi connectivity index (χ3v) is 4.04. The molecule has 0 aliphatic heterocycles. The van der Waals surface area contributed by atoms with E-state index in [-0.39, 0.29) is 12.1 Å². The Morgan fingerprint density at radius 1 is 1.00 bits per heavy atom. The number of alkyl halides is 3. The average Bonchev–Trinajstić information content (AvgIpc) is 3.10. The summed E-state index contributed by atoms with van der Waals surface area (Å²) >= 11 is 0. The molecule has 0 spiro atoms. The van der Waals surface area contributed by atoms with E-state index in [1.807, 2.05) is 0 Å². The quantitative estimate of drug-likeness (QED) is 0.821. The molecule has 0 unspecified atom stereocenters. The van der Waals surface area contributed by atoms with E-state index in [9.17, 15) is 13.2 Å². The maximum Gasteiger partial charge on any atom is 0.401 e. The number of nitrogens with zero attached hydrogens (tertiary/aromatic N) is 1. The SMILES string of the molecule is CCNC1CCC(N(CC(F)(F)F)C2CC2)CC1. The van der Waals surface area contributed by atoms with Gasteiger partial charge in [0.25, 0.3) is 0 Å². The Hall–Kier alpha value is -0.290. The third-order valence-electron chi connectivity index (χ3n) is 4.04. The molecule has 2 rings (SSSR count). The summed E-state index contributed by atoms with van der Waals surface area (Å²) in [7, 11) is 0. The Balaban J connectivity index is 1.85. The van der Waals surface area contributed by atoms with Gasteiger partial charge in [-0.2, -0.15) is 13.2 Å². The molecule has 0 aromatic rings. The van der Waals surface area contributed by atoms with Gasteiger partial charge < -0.3 is 5.32 Å². The van der Waals surface area contributed by atoms with E-state index in [1.165, 1.54) is 0 Å². The standard InChI is InChI=1S/C13H23F3N2/c1-2-17-10-3-5-11(6-4-10)18(12-7-8-12)9-13(14,15)16/h10-12,17H,2-9H2,1H3. The first-order valence-corrected chi connectivity index (χ1v) is 7.05. The van der Waals surface area contributed by atoms with Gasteiger partial charge in [-0.05, 0) is 45.1 Å². The predicted molar refractivity (Wildman–Crippen MR) is 65.5 cm³/mol. The molecule has 2 aliphatic rings. The van der Waals surface area contributed by atoms with E-state index in [0.29, 0.717) is 6.04 Å². The van der Waals surface area contributed by atoms with Crippen LogP contribution in [0.15, 0.2) is 0 Å². The summed E-state index contributed by atoms with van der Waals surface area (Å²) in [5.41, 5.74) is 0. The van der Waals surface area contributed by atoms with Crippen LogP contribution in [-0.4, -0.2) is 42.3 Å². The first-order chi connectivity index (χ1) is 8.49. The molecule has 0 aromatic heterocycles. The Morgan fingerprint density at radius 2 is 1.50 bits per heavy atom. The van der Waals surface area contributed by atoms with Gasteiger partial charge in [0.15, 0.2) is 0 Å². The lowest BCUT2D eigenvalue weighted by atomic mass is 9.90. The van der Waals surface area contributed by atoms with Gasteiger partial charge in [0.1, 0.15) is 0 Å². The Morgan fingerprint density at radius 3 is 1.89 bits per heavy atom. The normalized spacial score (nSPS) is 29.8. The van der Waals surface area contributed by atoms with Crippen LogP contribution in [0.2, 0.25) is 0 Å². The van der Waals surface area contributed by atoms with Crippen LogP contribution in [0.3, 0.4) is 0 Å². The van der Waals surface area contributed by atoms with E-state index in [1.54, 1.807) is 4.90 Å². The zero-order valence-electron chi connectivity index (χ0n) is 11.0. The molecule has 0 bridgehead atoms. The van der Waals surface area contributed by atoms with Crippen LogP contribution < -0.4 is 5.32 Å². The monoisotopic (exact) mass is 264 g/mol. The first-order valence-electron chi connectivity index (χ1n) is 7.05. The van der Waals surface area contributed by atoms with Crippen molar-refractivity contribution in [3.05, 3.63) is 0 Å². The second kappa shape index (κ2) is 5.78.